The molecule has 0 spiro atoms. The molecule has 1 amide bonds. The second-order valence-electron chi connectivity index (χ2n) is 8.82. The second-order valence-corrected chi connectivity index (χ2v) is 9.73. The summed E-state index contributed by atoms with van der Waals surface area (Å²) in [4.78, 5) is 22.9. The van der Waals surface area contributed by atoms with Gasteiger partial charge in [0.15, 0.2) is 0 Å². The third-order valence-corrected chi connectivity index (χ3v) is 6.99. The lowest BCUT2D eigenvalue weighted by Gasteiger charge is -2.23. The number of amides is 1. The average molecular weight is 554 g/mol. The van der Waals surface area contributed by atoms with Gasteiger partial charge in [-0.3, -0.25) is 9.78 Å². The first-order chi connectivity index (χ1) is 18.1. The molecule has 0 radical (unpaired) electrons. The van der Waals surface area contributed by atoms with Crippen LogP contribution >= 0.6 is 15.9 Å². The standard InChI is InChI=1S/C29H21BrFN5O/c30-22-11-7-19(8-12-22)25-16-27(20-9-13-23(31)14-10-20)36(34-25)28(37)18-35-26-6-2-1-5-24(26)33-29(35)21-4-3-15-32-17-21/h1-15,17,27H,16,18H2. The molecule has 2 aromatic heterocycles. The van der Waals surface area contributed by atoms with Crippen LogP contribution < -0.4 is 0 Å². The van der Waals surface area contributed by atoms with Crippen LogP contribution in [0.15, 0.2) is 107 Å². The summed E-state index contributed by atoms with van der Waals surface area (Å²) in [5, 5.41) is 6.31. The molecule has 0 fully saturated rings. The van der Waals surface area contributed by atoms with Crippen molar-refractivity contribution in [3.8, 4) is 11.4 Å². The lowest BCUT2D eigenvalue weighted by atomic mass is 9.98. The van der Waals surface area contributed by atoms with E-state index in [2.05, 4.69) is 20.9 Å². The molecule has 0 aliphatic carbocycles. The number of aromatic nitrogens is 3. The Morgan fingerprint density at radius 1 is 0.946 bits per heavy atom. The Bertz CT molecular complexity index is 1610. The van der Waals surface area contributed by atoms with Crippen molar-refractivity contribution >= 4 is 38.6 Å². The Morgan fingerprint density at radius 3 is 2.49 bits per heavy atom. The van der Waals surface area contributed by atoms with Gasteiger partial charge in [-0.2, -0.15) is 5.10 Å². The van der Waals surface area contributed by atoms with Crippen molar-refractivity contribution in [2.24, 2.45) is 5.10 Å². The first kappa shape index (κ1) is 23.2. The van der Waals surface area contributed by atoms with Crippen molar-refractivity contribution in [1.82, 2.24) is 19.5 Å². The van der Waals surface area contributed by atoms with Crippen LogP contribution in [0.2, 0.25) is 0 Å². The van der Waals surface area contributed by atoms with E-state index in [0.29, 0.717) is 12.2 Å². The van der Waals surface area contributed by atoms with E-state index in [1.54, 1.807) is 24.5 Å². The van der Waals surface area contributed by atoms with Crippen molar-refractivity contribution in [1.29, 1.82) is 0 Å². The normalized spacial score (nSPS) is 15.2. The van der Waals surface area contributed by atoms with Gasteiger partial charge in [0, 0.05) is 28.9 Å². The van der Waals surface area contributed by atoms with Gasteiger partial charge in [-0.25, -0.2) is 14.4 Å². The molecule has 0 saturated carbocycles. The molecule has 37 heavy (non-hydrogen) atoms. The van der Waals surface area contributed by atoms with Gasteiger partial charge in [-0.15, -0.1) is 0 Å². The van der Waals surface area contributed by atoms with E-state index < -0.39 is 0 Å². The van der Waals surface area contributed by atoms with Gasteiger partial charge in [0.25, 0.3) is 5.91 Å². The van der Waals surface area contributed by atoms with Gasteiger partial charge < -0.3 is 4.57 Å². The number of hydrogen-bond acceptors (Lipinski definition) is 4. The molecule has 3 heterocycles. The van der Waals surface area contributed by atoms with Crippen LogP contribution in [-0.2, 0) is 11.3 Å². The fourth-order valence-electron chi connectivity index (χ4n) is 4.66. The SMILES string of the molecule is O=C(Cn1c(-c2cccnc2)nc2ccccc21)N1N=C(c2ccc(Br)cc2)CC1c1ccc(F)cc1. The topological polar surface area (TPSA) is 63.4 Å². The number of para-hydroxylation sites is 2. The van der Waals surface area contributed by atoms with Crippen LogP contribution in [0, 0.1) is 5.82 Å². The molecule has 0 N–H and O–H groups in total. The summed E-state index contributed by atoms with van der Waals surface area (Å²) < 4.78 is 16.6. The quantitative estimate of drug-likeness (QED) is 0.254. The summed E-state index contributed by atoms with van der Waals surface area (Å²) in [7, 11) is 0. The van der Waals surface area contributed by atoms with Gasteiger partial charge in [0.05, 0.1) is 22.8 Å². The number of hydrogen-bond donors (Lipinski definition) is 0. The van der Waals surface area contributed by atoms with Gasteiger partial charge >= 0.3 is 0 Å². The van der Waals surface area contributed by atoms with Crippen LogP contribution in [-0.4, -0.2) is 31.2 Å². The predicted octanol–water partition coefficient (Wildman–Crippen LogP) is 6.38. The Hall–Kier alpha value is -4.17. The van der Waals surface area contributed by atoms with Crippen LogP contribution in [0.4, 0.5) is 4.39 Å². The highest BCUT2D eigenvalue weighted by molar-refractivity contribution is 9.10. The highest BCUT2D eigenvalue weighted by Gasteiger charge is 2.33. The number of rotatable bonds is 5. The number of fused-ring (bicyclic) bond motifs is 1. The minimum absolute atomic E-state index is 0.0412. The molecule has 5 aromatic rings. The summed E-state index contributed by atoms with van der Waals surface area (Å²) in [6, 6.07) is 25.3. The molecule has 6 rings (SSSR count). The van der Waals surface area contributed by atoms with Gasteiger partial charge in [-0.1, -0.05) is 52.3 Å². The minimum Gasteiger partial charge on any atom is -0.314 e. The summed E-state index contributed by atoms with van der Waals surface area (Å²) in [6.07, 6.45) is 3.97. The number of imidazole rings is 1. The van der Waals surface area contributed by atoms with Crippen molar-refractivity contribution in [3.63, 3.8) is 0 Å². The van der Waals surface area contributed by atoms with E-state index in [9.17, 15) is 9.18 Å². The molecular weight excluding hydrogens is 533 g/mol. The maximum Gasteiger partial charge on any atom is 0.263 e. The monoisotopic (exact) mass is 553 g/mol. The number of pyridine rings is 1. The zero-order valence-electron chi connectivity index (χ0n) is 19.6. The highest BCUT2D eigenvalue weighted by atomic mass is 79.9. The number of halogens is 2. The van der Waals surface area contributed by atoms with E-state index in [4.69, 9.17) is 10.1 Å². The minimum atomic E-state index is -0.344. The number of nitrogens with zero attached hydrogens (tertiary/aromatic N) is 5. The predicted molar refractivity (Wildman–Crippen MR) is 144 cm³/mol. The number of hydrazone groups is 1. The molecule has 1 atom stereocenters. The molecule has 8 heteroatoms. The van der Waals surface area contributed by atoms with Crippen molar-refractivity contribution in [2.45, 2.75) is 19.0 Å². The maximum atomic E-state index is 13.9. The Balaban J connectivity index is 1.40. The lowest BCUT2D eigenvalue weighted by molar-refractivity contribution is -0.133. The van der Waals surface area contributed by atoms with E-state index in [0.717, 1.165) is 37.9 Å². The smallest absolute Gasteiger partial charge is 0.263 e. The average Bonchev–Trinajstić information content (AvgIpc) is 3.53. The number of carbonyl (C=O) groups excluding carboxylic acids is 1. The van der Waals surface area contributed by atoms with Crippen molar-refractivity contribution in [3.05, 3.63) is 119 Å². The summed E-state index contributed by atoms with van der Waals surface area (Å²) in [6.45, 7) is 0.0412. The first-order valence-corrected chi connectivity index (χ1v) is 12.6. The van der Waals surface area contributed by atoms with Crippen molar-refractivity contribution < 1.29 is 9.18 Å². The van der Waals surface area contributed by atoms with E-state index in [1.807, 2.05) is 65.2 Å². The second kappa shape index (κ2) is 9.71. The van der Waals surface area contributed by atoms with Crippen LogP contribution in [0.5, 0.6) is 0 Å². The van der Waals surface area contributed by atoms with Crippen molar-refractivity contribution in [2.75, 3.05) is 0 Å². The van der Waals surface area contributed by atoms with Gasteiger partial charge in [-0.05, 0) is 59.7 Å². The fraction of sp³-hybridized carbons (Fsp3) is 0.103. The summed E-state index contributed by atoms with van der Waals surface area (Å²) in [5.41, 5.74) is 5.04. The van der Waals surface area contributed by atoms with E-state index in [-0.39, 0.29) is 24.3 Å². The van der Waals surface area contributed by atoms with E-state index >= 15 is 0 Å². The Kier molecular flexibility index (Phi) is 6.10. The van der Waals surface area contributed by atoms with Crippen LogP contribution in [0.3, 0.4) is 0 Å². The zero-order valence-corrected chi connectivity index (χ0v) is 21.2. The van der Waals surface area contributed by atoms with Crippen LogP contribution in [0.25, 0.3) is 22.4 Å². The largest absolute Gasteiger partial charge is 0.314 e. The molecule has 1 aliphatic rings. The number of benzene rings is 3. The summed E-state index contributed by atoms with van der Waals surface area (Å²) >= 11 is 3.47. The molecule has 0 bridgehead atoms. The molecule has 3 aromatic carbocycles. The molecule has 182 valence electrons. The number of carbonyl (C=O) groups is 1. The maximum absolute atomic E-state index is 13.9. The third-order valence-electron chi connectivity index (χ3n) is 6.47. The molecular formula is C29H21BrFN5O. The molecule has 1 unspecified atom stereocenters. The molecule has 6 nitrogen and oxygen atoms in total. The lowest BCUT2D eigenvalue weighted by Crippen LogP contribution is -2.30. The van der Waals surface area contributed by atoms with Crippen LogP contribution in [0.1, 0.15) is 23.6 Å². The molecule has 1 aliphatic heterocycles. The Labute approximate surface area is 221 Å². The van der Waals surface area contributed by atoms with E-state index in [1.165, 1.54) is 17.1 Å². The van der Waals surface area contributed by atoms with Gasteiger partial charge in [0.2, 0.25) is 0 Å². The third kappa shape index (κ3) is 4.56. The fourth-order valence-corrected chi connectivity index (χ4v) is 4.92. The zero-order chi connectivity index (χ0) is 25.4. The first-order valence-electron chi connectivity index (χ1n) is 11.8. The summed E-state index contributed by atoms with van der Waals surface area (Å²) in [5.74, 6) is 0.159. The van der Waals surface area contributed by atoms with Gasteiger partial charge in [0.1, 0.15) is 18.2 Å². The Morgan fingerprint density at radius 2 is 1.73 bits per heavy atom. The highest BCUT2D eigenvalue weighted by Crippen LogP contribution is 2.34. The molecule has 0 saturated heterocycles.